The molecule has 1 saturated heterocycles. The fourth-order valence-corrected chi connectivity index (χ4v) is 2.78. The summed E-state index contributed by atoms with van der Waals surface area (Å²) in [4.78, 5) is 25.7. The zero-order valence-electron chi connectivity index (χ0n) is 12.7. The van der Waals surface area contributed by atoms with E-state index in [0.717, 1.165) is 31.7 Å². The molecular weight excluding hydrogens is 274 g/mol. The van der Waals surface area contributed by atoms with Crippen LogP contribution >= 0.6 is 11.8 Å². The molecule has 1 aliphatic heterocycles. The lowest BCUT2D eigenvalue weighted by Gasteiger charge is -2.33. The van der Waals surface area contributed by atoms with Gasteiger partial charge in [0.2, 0.25) is 11.8 Å². The number of nitrogens with two attached hydrogens (primary N) is 1. The Bertz CT molecular complexity index is 328. The number of rotatable bonds is 6. The monoisotopic (exact) mass is 301 g/mol. The first-order chi connectivity index (χ1) is 9.45. The van der Waals surface area contributed by atoms with E-state index in [4.69, 9.17) is 5.73 Å². The van der Waals surface area contributed by atoms with Crippen LogP contribution in [0.3, 0.4) is 0 Å². The van der Waals surface area contributed by atoms with Crippen LogP contribution in [0.1, 0.15) is 33.1 Å². The molecule has 0 aromatic heterocycles. The van der Waals surface area contributed by atoms with Crippen LogP contribution in [0.2, 0.25) is 0 Å². The third-order valence-electron chi connectivity index (χ3n) is 3.62. The fourth-order valence-electron chi connectivity index (χ4n) is 2.29. The maximum atomic E-state index is 11.9. The second-order valence-electron chi connectivity index (χ2n) is 5.65. The molecule has 116 valence electrons. The number of carbonyl (C=O) groups excluding carboxylic acids is 2. The Kier molecular flexibility index (Phi) is 7.37. The third-order valence-corrected chi connectivity index (χ3v) is 4.26. The van der Waals surface area contributed by atoms with Crippen molar-refractivity contribution in [1.29, 1.82) is 0 Å². The number of hydrogen-bond acceptors (Lipinski definition) is 4. The summed E-state index contributed by atoms with van der Waals surface area (Å²) in [5, 5.41) is 3.01. The van der Waals surface area contributed by atoms with Crippen LogP contribution in [0.4, 0.5) is 0 Å². The van der Waals surface area contributed by atoms with Gasteiger partial charge in [0, 0.05) is 25.0 Å². The van der Waals surface area contributed by atoms with Crippen molar-refractivity contribution < 1.29 is 9.59 Å². The van der Waals surface area contributed by atoms with Gasteiger partial charge < -0.3 is 16.0 Å². The van der Waals surface area contributed by atoms with Crippen molar-refractivity contribution in [2.24, 2.45) is 11.7 Å². The van der Waals surface area contributed by atoms with Crippen molar-refractivity contribution in [2.75, 3.05) is 25.1 Å². The molecule has 2 amide bonds. The molecule has 0 aliphatic carbocycles. The topological polar surface area (TPSA) is 75.4 Å². The molecule has 20 heavy (non-hydrogen) atoms. The van der Waals surface area contributed by atoms with E-state index < -0.39 is 6.04 Å². The lowest BCUT2D eigenvalue weighted by molar-refractivity contribution is -0.135. The molecular formula is C14H27N3O2S. The van der Waals surface area contributed by atoms with Crippen LogP contribution in [0.15, 0.2) is 0 Å². The molecule has 0 bridgehead atoms. The van der Waals surface area contributed by atoms with E-state index in [9.17, 15) is 9.59 Å². The summed E-state index contributed by atoms with van der Waals surface area (Å²) in [6, 6.07) is -0.267. The Morgan fingerprint density at radius 1 is 1.35 bits per heavy atom. The van der Waals surface area contributed by atoms with Gasteiger partial charge in [-0.3, -0.25) is 9.59 Å². The summed E-state index contributed by atoms with van der Waals surface area (Å²) in [6.07, 6.45) is 4.35. The smallest absolute Gasteiger partial charge is 0.237 e. The number of amides is 2. The quantitative estimate of drug-likeness (QED) is 0.762. The minimum Gasteiger partial charge on any atom is -0.352 e. The SMILES string of the molecule is CSCC[C@H](N)C(=O)NC1CCN(C(=O)C(C)C)CC1. The lowest BCUT2D eigenvalue weighted by Crippen LogP contribution is -2.51. The number of piperidine rings is 1. The number of hydrogen-bond donors (Lipinski definition) is 2. The van der Waals surface area contributed by atoms with E-state index in [-0.39, 0.29) is 23.8 Å². The largest absolute Gasteiger partial charge is 0.352 e. The zero-order chi connectivity index (χ0) is 15.1. The summed E-state index contributed by atoms with van der Waals surface area (Å²) >= 11 is 1.70. The first kappa shape index (κ1) is 17.3. The first-order valence-corrected chi connectivity index (χ1v) is 8.68. The van der Waals surface area contributed by atoms with Crippen molar-refractivity contribution in [3.8, 4) is 0 Å². The molecule has 1 atom stereocenters. The predicted molar refractivity (Wildman–Crippen MR) is 83.6 cm³/mol. The zero-order valence-corrected chi connectivity index (χ0v) is 13.5. The molecule has 0 aromatic carbocycles. The molecule has 1 heterocycles. The molecule has 0 spiro atoms. The van der Waals surface area contributed by atoms with Gasteiger partial charge in [0.25, 0.3) is 0 Å². The molecule has 0 saturated carbocycles. The maximum Gasteiger partial charge on any atom is 0.237 e. The normalized spacial score (nSPS) is 18.1. The molecule has 1 fully saturated rings. The van der Waals surface area contributed by atoms with E-state index in [1.165, 1.54) is 0 Å². The van der Waals surface area contributed by atoms with Crippen LogP contribution in [0.25, 0.3) is 0 Å². The van der Waals surface area contributed by atoms with E-state index in [0.29, 0.717) is 6.42 Å². The van der Waals surface area contributed by atoms with Crippen molar-refractivity contribution >= 4 is 23.6 Å². The summed E-state index contributed by atoms with van der Waals surface area (Å²) in [5.41, 5.74) is 5.85. The second kappa shape index (κ2) is 8.52. The molecule has 6 heteroatoms. The van der Waals surface area contributed by atoms with Gasteiger partial charge in [0.05, 0.1) is 6.04 Å². The van der Waals surface area contributed by atoms with Gasteiger partial charge in [-0.05, 0) is 31.3 Å². The number of likely N-dealkylation sites (tertiary alicyclic amines) is 1. The fraction of sp³-hybridized carbons (Fsp3) is 0.857. The van der Waals surface area contributed by atoms with E-state index in [2.05, 4.69) is 5.32 Å². The van der Waals surface area contributed by atoms with Crippen LogP contribution in [-0.4, -0.2) is 53.9 Å². The third kappa shape index (κ3) is 5.32. The van der Waals surface area contributed by atoms with Crippen molar-refractivity contribution in [1.82, 2.24) is 10.2 Å². The van der Waals surface area contributed by atoms with Crippen LogP contribution in [0, 0.1) is 5.92 Å². The molecule has 0 aromatic rings. The van der Waals surface area contributed by atoms with Gasteiger partial charge in [-0.25, -0.2) is 0 Å². The highest BCUT2D eigenvalue weighted by Crippen LogP contribution is 2.13. The van der Waals surface area contributed by atoms with Gasteiger partial charge in [-0.2, -0.15) is 11.8 Å². The average molecular weight is 301 g/mol. The molecule has 3 N–H and O–H groups in total. The lowest BCUT2D eigenvalue weighted by atomic mass is 10.0. The summed E-state index contributed by atoms with van der Waals surface area (Å²) < 4.78 is 0. The van der Waals surface area contributed by atoms with Gasteiger partial charge in [0.15, 0.2) is 0 Å². The average Bonchev–Trinajstić information content (AvgIpc) is 2.44. The second-order valence-corrected chi connectivity index (χ2v) is 6.64. The molecule has 1 rings (SSSR count). The molecule has 5 nitrogen and oxygen atoms in total. The first-order valence-electron chi connectivity index (χ1n) is 7.29. The van der Waals surface area contributed by atoms with Gasteiger partial charge in [-0.15, -0.1) is 0 Å². The predicted octanol–water partition coefficient (Wildman–Crippen LogP) is 0.830. The highest BCUT2D eigenvalue weighted by atomic mass is 32.2. The van der Waals surface area contributed by atoms with Crippen LogP contribution in [-0.2, 0) is 9.59 Å². The van der Waals surface area contributed by atoms with Crippen molar-refractivity contribution in [3.05, 3.63) is 0 Å². The van der Waals surface area contributed by atoms with E-state index >= 15 is 0 Å². The number of nitrogens with zero attached hydrogens (tertiary/aromatic N) is 1. The molecule has 0 radical (unpaired) electrons. The highest BCUT2D eigenvalue weighted by Gasteiger charge is 2.26. The maximum absolute atomic E-state index is 11.9. The Hall–Kier alpha value is -0.750. The minimum atomic E-state index is -0.419. The highest BCUT2D eigenvalue weighted by molar-refractivity contribution is 7.98. The molecule has 1 aliphatic rings. The Morgan fingerprint density at radius 3 is 2.45 bits per heavy atom. The van der Waals surface area contributed by atoms with Gasteiger partial charge in [-0.1, -0.05) is 13.8 Å². The van der Waals surface area contributed by atoms with Crippen LogP contribution < -0.4 is 11.1 Å². The van der Waals surface area contributed by atoms with E-state index in [1.54, 1.807) is 11.8 Å². The summed E-state index contributed by atoms with van der Waals surface area (Å²) in [6.45, 7) is 5.28. The van der Waals surface area contributed by atoms with Gasteiger partial charge >= 0.3 is 0 Å². The summed E-state index contributed by atoms with van der Waals surface area (Å²) in [5.74, 6) is 1.08. The minimum absolute atomic E-state index is 0.0427. The van der Waals surface area contributed by atoms with Gasteiger partial charge in [0.1, 0.15) is 0 Å². The summed E-state index contributed by atoms with van der Waals surface area (Å²) in [7, 11) is 0. The number of nitrogens with one attached hydrogen (secondary N) is 1. The number of thioether (sulfide) groups is 1. The number of carbonyl (C=O) groups is 2. The van der Waals surface area contributed by atoms with Crippen molar-refractivity contribution in [3.63, 3.8) is 0 Å². The standard InChI is InChI=1S/C14H27N3O2S/c1-10(2)14(19)17-7-4-11(5-8-17)16-13(18)12(15)6-9-20-3/h10-12H,4-9,15H2,1-3H3,(H,16,18)/t12-/m0/s1. The van der Waals surface area contributed by atoms with Crippen molar-refractivity contribution in [2.45, 2.75) is 45.2 Å². The Labute approximate surface area is 126 Å². The Balaban J connectivity index is 2.31. The Morgan fingerprint density at radius 2 is 1.95 bits per heavy atom. The molecule has 0 unspecified atom stereocenters. The van der Waals surface area contributed by atoms with E-state index in [1.807, 2.05) is 25.0 Å². The van der Waals surface area contributed by atoms with Crippen LogP contribution in [0.5, 0.6) is 0 Å².